The molecule has 0 bridgehead atoms. The highest BCUT2D eigenvalue weighted by Gasteiger charge is 2.25. The van der Waals surface area contributed by atoms with E-state index >= 15 is 0 Å². The zero-order valence-electron chi connectivity index (χ0n) is 8.08. The molecule has 0 radical (unpaired) electrons. The van der Waals surface area contributed by atoms with E-state index in [1.807, 2.05) is 0 Å². The van der Waals surface area contributed by atoms with Gasteiger partial charge < -0.3 is 5.73 Å². The summed E-state index contributed by atoms with van der Waals surface area (Å²) in [6.45, 7) is 2.14. The molecule has 3 N–H and O–H groups in total. The molecule has 0 heterocycles. The summed E-state index contributed by atoms with van der Waals surface area (Å²) in [5.74, 6) is 0.256. The van der Waals surface area contributed by atoms with Gasteiger partial charge in [-0.05, 0) is 18.8 Å². The van der Waals surface area contributed by atoms with Crippen molar-refractivity contribution in [2.75, 3.05) is 6.61 Å². The Labute approximate surface area is 78.8 Å². The van der Waals surface area contributed by atoms with Gasteiger partial charge in [-0.2, -0.15) is 5.48 Å². The molecule has 1 amide bonds. The minimum Gasteiger partial charge on any atom is -0.368 e. The third-order valence-corrected chi connectivity index (χ3v) is 2.63. The number of primary amides is 1. The Hall–Kier alpha value is -0.610. The van der Waals surface area contributed by atoms with Crippen LogP contribution in [-0.2, 0) is 9.63 Å². The van der Waals surface area contributed by atoms with Crippen molar-refractivity contribution in [2.45, 2.75) is 38.6 Å². The minimum absolute atomic E-state index is 0.0348. The predicted molar refractivity (Wildman–Crippen MR) is 49.7 cm³/mol. The topological polar surface area (TPSA) is 64.3 Å². The van der Waals surface area contributed by atoms with Gasteiger partial charge in [-0.25, -0.2) is 0 Å². The van der Waals surface area contributed by atoms with Crippen molar-refractivity contribution in [3.05, 3.63) is 0 Å². The summed E-state index contributed by atoms with van der Waals surface area (Å²) in [5, 5.41) is 0. The zero-order chi connectivity index (χ0) is 9.68. The summed E-state index contributed by atoms with van der Waals surface area (Å²) in [6, 6.07) is 0.407. The van der Waals surface area contributed by atoms with Crippen molar-refractivity contribution in [1.82, 2.24) is 5.48 Å². The first-order chi connectivity index (χ1) is 6.24. The van der Waals surface area contributed by atoms with Crippen LogP contribution in [-0.4, -0.2) is 18.6 Å². The Morgan fingerprint density at radius 3 is 3.00 bits per heavy atom. The highest BCUT2D eigenvalue weighted by atomic mass is 16.6. The number of hydroxylamine groups is 1. The molecule has 0 aliphatic heterocycles. The fraction of sp³-hybridized carbons (Fsp3) is 0.889. The lowest BCUT2D eigenvalue weighted by molar-refractivity contribution is -0.126. The van der Waals surface area contributed by atoms with Crippen molar-refractivity contribution < 1.29 is 9.63 Å². The molecule has 0 aromatic rings. The van der Waals surface area contributed by atoms with E-state index in [2.05, 4.69) is 12.4 Å². The van der Waals surface area contributed by atoms with Gasteiger partial charge in [0.05, 0.1) is 0 Å². The summed E-state index contributed by atoms with van der Waals surface area (Å²) in [7, 11) is 0. The molecule has 1 saturated carbocycles. The Balaban J connectivity index is 2.16. The number of hydrogen-bond acceptors (Lipinski definition) is 3. The third-order valence-electron chi connectivity index (χ3n) is 2.63. The standard InChI is InChI=1S/C9H18N2O2/c1-2-7-4-3-5-8(7)11-13-6-9(10)12/h7-8,11H,2-6H2,1H3,(H2,10,12). The Morgan fingerprint density at radius 2 is 2.38 bits per heavy atom. The van der Waals surface area contributed by atoms with Crippen LogP contribution >= 0.6 is 0 Å². The van der Waals surface area contributed by atoms with Gasteiger partial charge in [-0.1, -0.05) is 19.8 Å². The molecule has 1 aliphatic carbocycles. The maximum atomic E-state index is 10.4. The van der Waals surface area contributed by atoms with Gasteiger partial charge in [0.25, 0.3) is 0 Å². The van der Waals surface area contributed by atoms with E-state index in [0.717, 1.165) is 12.8 Å². The molecule has 76 valence electrons. The van der Waals surface area contributed by atoms with E-state index in [1.165, 1.54) is 12.8 Å². The molecule has 0 aromatic carbocycles. The molecule has 4 heteroatoms. The number of carbonyl (C=O) groups is 1. The van der Waals surface area contributed by atoms with Crippen molar-refractivity contribution in [1.29, 1.82) is 0 Å². The van der Waals surface area contributed by atoms with Gasteiger partial charge in [-0.15, -0.1) is 0 Å². The second kappa shape index (κ2) is 5.19. The minimum atomic E-state index is -0.432. The molecule has 1 aliphatic rings. The first kappa shape index (κ1) is 10.5. The van der Waals surface area contributed by atoms with Crippen LogP contribution in [0.15, 0.2) is 0 Å². The van der Waals surface area contributed by atoms with Gasteiger partial charge in [0.2, 0.25) is 5.91 Å². The Morgan fingerprint density at radius 1 is 1.62 bits per heavy atom. The van der Waals surface area contributed by atoms with Crippen LogP contribution in [0.2, 0.25) is 0 Å². The molecule has 2 atom stereocenters. The molecule has 2 unspecified atom stereocenters. The van der Waals surface area contributed by atoms with Gasteiger partial charge in [0, 0.05) is 6.04 Å². The average molecular weight is 186 g/mol. The maximum absolute atomic E-state index is 10.4. The van der Waals surface area contributed by atoms with Crippen LogP contribution in [0.1, 0.15) is 32.6 Å². The first-order valence-electron chi connectivity index (χ1n) is 4.89. The van der Waals surface area contributed by atoms with Crippen LogP contribution < -0.4 is 11.2 Å². The van der Waals surface area contributed by atoms with E-state index in [9.17, 15) is 4.79 Å². The summed E-state index contributed by atoms with van der Waals surface area (Å²) >= 11 is 0. The second-order valence-electron chi connectivity index (χ2n) is 3.58. The molecule has 0 aromatic heterocycles. The molecule has 4 nitrogen and oxygen atoms in total. The zero-order valence-corrected chi connectivity index (χ0v) is 8.08. The third kappa shape index (κ3) is 3.32. The van der Waals surface area contributed by atoms with Crippen molar-refractivity contribution >= 4 is 5.91 Å². The van der Waals surface area contributed by atoms with E-state index in [0.29, 0.717) is 12.0 Å². The van der Waals surface area contributed by atoms with E-state index in [-0.39, 0.29) is 6.61 Å². The molecule has 1 fully saturated rings. The Bertz CT molecular complexity index is 173. The lowest BCUT2D eigenvalue weighted by Gasteiger charge is -2.18. The molecule has 0 spiro atoms. The number of hydrogen-bond donors (Lipinski definition) is 2. The predicted octanol–water partition coefficient (Wildman–Crippen LogP) is 0.572. The van der Waals surface area contributed by atoms with Crippen molar-refractivity contribution in [3.63, 3.8) is 0 Å². The number of nitrogens with one attached hydrogen (secondary N) is 1. The van der Waals surface area contributed by atoms with Crippen LogP contribution in [0.4, 0.5) is 0 Å². The number of nitrogens with two attached hydrogens (primary N) is 1. The van der Waals surface area contributed by atoms with Gasteiger partial charge in [0.15, 0.2) is 0 Å². The SMILES string of the molecule is CCC1CCCC1NOCC(N)=O. The molecular weight excluding hydrogens is 168 g/mol. The molecule has 13 heavy (non-hydrogen) atoms. The fourth-order valence-electron chi connectivity index (χ4n) is 1.90. The van der Waals surface area contributed by atoms with Crippen LogP contribution in [0.5, 0.6) is 0 Å². The van der Waals surface area contributed by atoms with Crippen molar-refractivity contribution in [2.24, 2.45) is 11.7 Å². The van der Waals surface area contributed by atoms with Gasteiger partial charge in [-0.3, -0.25) is 9.63 Å². The lowest BCUT2D eigenvalue weighted by Crippen LogP contribution is -2.35. The monoisotopic (exact) mass is 186 g/mol. The van der Waals surface area contributed by atoms with Crippen LogP contribution in [0, 0.1) is 5.92 Å². The van der Waals surface area contributed by atoms with Gasteiger partial charge in [0.1, 0.15) is 6.61 Å². The maximum Gasteiger partial charge on any atom is 0.245 e. The normalized spacial score (nSPS) is 27.8. The largest absolute Gasteiger partial charge is 0.368 e. The van der Waals surface area contributed by atoms with E-state index in [4.69, 9.17) is 10.6 Å². The quantitative estimate of drug-likeness (QED) is 0.617. The van der Waals surface area contributed by atoms with Crippen LogP contribution in [0.25, 0.3) is 0 Å². The summed E-state index contributed by atoms with van der Waals surface area (Å²) in [5.41, 5.74) is 7.85. The summed E-state index contributed by atoms with van der Waals surface area (Å²) < 4.78 is 0. The lowest BCUT2D eigenvalue weighted by atomic mass is 10.0. The average Bonchev–Trinajstić information content (AvgIpc) is 2.51. The molecular formula is C9H18N2O2. The van der Waals surface area contributed by atoms with Crippen LogP contribution in [0.3, 0.4) is 0 Å². The molecule has 1 rings (SSSR count). The highest BCUT2D eigenvalue weighted by molar-refractivity contribution is 5.74. The highest BCUT2D eigenvalue weighted by Crippen LogP contribution is 2.27. The Kier molecular flexibility index (Phi) is 4.18. The number of carbonyl (C=O) groups excluding carboxylic acids is 1. The number of rotatable bonds is 5. The van der Waals surface area contributed by atoms with Gasteiger partial charge >= 0.3 is 0 Å². The smallest absolute Gasteiger partial charge is 0.245 e. The summed E-state index contributed by atoms with van der Waals surface area (Å²) in [6.07, 6.45) is 4.80. The fourth-order valence-corrected chi connectivity index (χ4v) is 1.90. The second-order valence-corrected chi connectivity index (χ2v) is 3.58. The summed E-state index contributed by atoms with van der Waals surface area (Å²) in [4.78, 5) is 15.4. The first-order valence-corrected chi connectivity index (χ1v) is 4.89. The van der Waals surface area contributed by atoms with E-state index < -0.39 is 5.91 Å². The number of amides is 1. The molecule has 0 saturated heterocycles. The van der Waals surface area contributed by atoms with Crippen molar-refractivity contribution in [3.8, 4) is 0 Å². The van der Waals surface area contributed by atoms with E-state index in [1.54, 1.807) is 0 Å².